The zero-order valence-electron chi connectivity index (χ0n) is 16.4. The standard InChI is InChI=1S/C21H22FN3O5/c22-14-3-5-15(6-4-14)25-16-2-1-7-21(8-9-24-10-12-28-13-11-24)17(16)18(23-25)29-19(26)20(27)30-21/h3-6H,1-2,7-13H2. The molecule has 2 aromatic rings. The molecule has 3 heterocycles. The van der Waals surface area contributed by atoms with Gasteiger partial charge in [-0.3, -0.25) is 4.90 Å². The lowest BCUT2D eigenvalue weighted by molar-refractivity contribution is -0.174. The van der Waals surface area contributed by atoms with Crippen LogP contribution in [0.1, 0.15) is 30.5 Å². The highest BCUT2D eigenvalue weighted by atomic mass is 19.1. The van der Waals surface area contributed by atoms with E-state index < -0.39 is 17.5 Å². The molecule has 1 aromatic heterocycles. The molecule has 0 saturated carbocycles. The van der Waals surface area contributed by atoms with Crippen molar-refractivity contribution >= 4 is 11.9 Å². The summed E-state index contributed by atoms with van der Waals surface area (Å²) in [4.78, 5) is 26.8. The first-order chi connectivity index (χ1) is 14.6. The summed E-state index contributed by atoms with van der Waals surface area (Å²) in [6.07, 6.45) is 2.58. The zero-order chi connectivity index (χ0) is 20.7. The van der Waals surface area contributed by atoms with Crippen molar-refractivity contribution in [2.75, 3.05) is 32.8 Å². The van der Waals surface area contributed by atoms with Crippen molar-refractivity contribution < 1.29 is 28.2 Å². The molecule has 8 nitrogen and oxygen atoms in total. The molecule has 1 atom stereocenters. The second kappa shape index (κ2) is 7.48. The van der Waals surface area contributed by atoms with E-state index in [1.807, 2.05) is 0 Å². The van der Waals surface area contributed by atoms with Crippen molar-refractivity contribution in [1.82, 2.24) is 14.7 Å². The van der Waals surface area contributed by atoms with E-state index in [-0.39, 0.29) is 11.7 Å². The van der Waals surface area contributed by atoms with Gasteiger partial charge in [0.05, 0.1) is 30.2 Å². The summed E-state index contributed by atoms with van der Waals surface area (Å²) in [6.45, 7) is 3.67. The second-order valence-corrected chi connectivity index (χ2v) is 7.85. The van der Waals surface area contributed by atoms with Gasteiger partial charge in [-0.1, -0.05) is 0 Å². The van der Waals surface area contributed by atoms with Gasteiger partial charge in [-0.05, 0) is 43.5 Å². The molecule has 0 spiro atoms. The van der Waals surface area contributed by atoms with E-state index in [0.717, 1.165) is 25.2 Å². The van der Waals surface area contributed by atoms with Crippen molar-refractivity contribution in [2.45, 2.75) is 31.3 Å². The Morgan fingerprint density at radius 1 is 1.10 bits per heavy atom. The summed E-state index contributed by atoms with van der Waals surface area (Å²) in [6, 6.07) is 5.96. The fraction of sp³-hybridized carbons (Fsp3) is 0.476. The largest absolute Gasteiger partial charge is 0.445 e. The maximum Gasteiger partial charge on any atom is 0.424 e. The van der Waals surface area contributed by atoms with Crippen molar-refractivity contribution in [2.24, 2.45) is 0 Å². The van der Waals surface area contributed by atoms with Gasteiger partial charge in [0.25, 0.3) is 0 Å². The van der Waals surface area contributed by atoms with E-state index in [0.29, 0.717) is 50.3 Å². The summed E-state index contributed by atoms with van der Waals surface area (Å²) in [7, 11) is 0. The fourth-order valence-electron chi connectivity index (χ4n) is 4.57. The topological polar surface area (TPSA) is 82.9 Å². The van der Waals surface area contributed by atoms with Crippen LogP contribution >= 0.6 is 0 Å². The minimum Gasteiger partial charge on any atom is -0.445 e. The molecule has 158 valence electrons. The van der Waals surface area contributed by atoms with E-state index in [1.54, 1.807) is 16.8 Å². The van der Waals surface area contributed by atoms with Crippen LogP contribution in [0.4, 0.5) is 4.39 Å². The summed E-state index contributed by atoms with van der Waals surface area (Å²) in [5, 5.41) is 4.48. The van der Waals surface area contributed by atoms with Crippen LogP contribution in [0.2, 0.25) is 0 Å². The minimum atomic E-state index is -1.07. The molecule has 5 rings (SSSR count). The summed E-state index contributed by atoms with van der Waals surface area (Å²) in [5.41, 5.74) is 1.17. The molecule has 0 radical (unpaired) electrons. The Kier molecular flexibility index (Phi) is 4.79. The molecular weight excluding hydrogens is 393 g/mol. The predicted octanol–water partition coefficient (Wildman–Crippen LogP) is 1.73. The molecule has 30 heavy (non-hydrogen) atoms. The van der Waals surface area contributed by atoms with Gasteiger partial charge in [-0.15, -0.1) is 5.10 Å². The molecule has 1 saturated heterocycles. The number of carbonyl (C=O) groups excluding carboxylic acids is 2. The molecule has 1 fully saturated rings. The molecule has 3 aliphatic rings. The normalized spacial score (nSPS) is 24.0. The van der Waals surface area contributed by atoms with E-state index in [9.17, 15) is 14.0 Å². The van der Waals surface area contributed by atoms with Crippen molar-refractivity contribution in [1.29, 1.82) is 0 Å². The maximum absolute atomic E-state index is 13.4. The highest BCUT2D eigenvalue weighted by molar-refractivity contribution is 6.30. The SMILES string of the molecule is O=C1Oc2nn(-c3ccc(F)cc3)c3c2C(CCN2CCOCC2)(CCC3)OC1=O. The monoisotopic (exact) mass is 415 g/mol. The van der Waals surface area contributed by atoms with Crippen LogP contribution in [0.15, 0.2) is 24.3 Å². The fourth-order valence-corrected chi connectivity index (χ4v) is 4.57. The third-order valence-electron chi connectivity index (χ3n) is 6.05. The van der Waals surface area contributed by atoms with Crippen LogP contribution in [0.5, 0.6) is 5.88 Å². The van der Waals surface area contributed by atoms with Gasteiger partial charge in [0.1, 0.15) is 11.4 Å². The summed E-state index contributed by atoms with van der Waals surface area (Å²) >= 11 is 0. The predicted molar refractivity (Wildman–Crippen MR) is 102 cm³/mol. The maximum atomic E-state index is 13.4. The lowest BCUT2D eigenvalue weighted by Gasteiger charge is -2.37. The number of hydrogen-bond acceptors (Lipinski definition) is 7. The second-order valence-electron chi connectivity index (χ2n) is 7.85. The third kappa shape index (κ3) is 3.27. The molecule has 0 bridgehead atoms. The van der Waals surface area contributed by atoms with Crippen LogP contribution in [-0.2, 0) is 31.1 Å². The molecule has 0 N–H and O–H groups in total. The Morgan fingerprint density at radius 2 is 1.87 bits per heavy atom. The van der Waals surface area contributed by atoms with Crippen molar-refractivity contribution in [3.05, 3.63) is 41.3 Å². The Hall–Kier alpha value is -2.78. The molecule has 1 unspecified atom stereocenters. The Balaban J connectivity index is 1.56. The molecule has 0 amide bonds. The van der Waals surface area contributed by atoms with Crippen LogP contribution in [0.3, 0.4) is 0 Å². The molecule has 9 heteroatoms. The zero-order valence-corrected chi connectivity index (χ0v) is 16.4. The Bertz CT molecular complexity index is 983. The molecule has 1 aliphatic carbocycles. The first kappa shape index (κ1) is 19.2. The van der Waals surface area contributed by atoms with Crippen molar-refractivity contribution in [3.8, 4) is 11.6 Å². The van der Waals surface area contributed by atoms with Gasteiger partial charge < -0.3 is 14.2 Å². The highest BCUT2D eigenvalue weighted by Crippen LogP contribution is 2.48. The van der Waals surface area contributed by atoms with E-state index >= 15 is 0 Å². The van der Waals surface area contributed by atoms with E-state index in [1.165, 1.54) is 12.1 Å². The molecule has 2 aliphatic heterocycles. The van der Waals surface area contributed by atoms with Gasteiger partial charge in [-0.25, -0.2) is 18.7 Å². The smallest absolute Gasteiger partial charge is 0.424 e. The minimum absolute atomic E-state index is 0.104. The average molecular weight is 415 g/mol. The van der Waals surface area contributed by atoms with Gasteiger partial charge in [0.15, 0.2) is 0 Å². The number of rotatable bonds is 4. The van der Waals surface area contributed by atoms with Crippen LogP contribution < -0.4 is 4.74 Å². The van der Waals surface area contributed by atoms with Gasteiger partial charge >= 0.3 is 11.9 Å². The number of benzene rings is 1. The van der Waals surface area contributed by atoms with E-state index in [2.05, 4.69) is 10.00 Å². The average Bonchev–Trinajstić information content (AvgIpc) is 3.08. The van der Waals surface area contributed by atoms with Crippen molar-refractivity contribution in [3.63, 3.8) is 0 Å². The van der Waals surface area contributed by atoms with Crippen LogP contribution in [0, 0.1) is 5.82 Å². The quantitative estimate of drug-likeness (QED) is 0.556. The summed E-state index contributed by atoms with van der Waals surface area (Å²) < 4.78 is 31.6. The number of carbonyl (C=O) groups is 2. The first-order valence-corrected chi connectivity index (χ1v) is 10.2. The van der Waals surface area contributed by atoms with Gasteiger partial charge in [0, 0.05) is 26.1 Å². The Labute approximate surface area is 172 Å². The number of esters is 2. The summed E-state index contributed by atoms with van der Waals surface area (Å²) in [5.74, 6) is -2.30. The lowest BCUT2D eigenvalue weighted by atomic mass is 9.79. The number of halogens is 1. The highest BCUT2D eigenvalue weighted by Gasteiger charge is 2.49. The number of aromatic nitrogens is 2. The van der Waals surface area contributed by atoms with Gasteiger partial charge in [0.2, 0.25) is 5.88 Å². The van der Waals surface area contributed by atoms with Crippen LogP contribution in [-0.4, -0.2) is 59.5 Å². The number of ether oxygens (including phenoxy) is 3. The van der Waals surface area contributed by atoms with E-state index in [4.69, 9.17) is 14.2 Å². The molecule has 1 aromatic carbocycles. The number of nitrogens with zero attached hydrogens (tertiary/aromatic N) is 3. The third-order valence-corrected chi connectivity index (χ3v) is 6.05. The van der Waals surface area contributed by atoms with Gasteiger partial charge in [-0.2, -0.15) is 0 Å². The lowest BCUT2D eigenvalue weighted by Crippen LogP contribution is -2.43. The van der Waals surface area contributed by atoms with Crippen LogP contribution in [0.25, 0.3) is 5.69 Å². The molecular formula is C21H22FN3O5. The Morgan fingerprint density at radius 3 is 2.63 bits per heavy atom. The number of morpholine rings is 1. The number of hydrogen-bond donors (Lipinski definition) is 0. The first-order valence-electron chi connectivity index (χ1n) is 10.2.